The van der Waals surface area contributed by atoms with Gasteiger partial charge < -0.3 is 8.85 Å². The molecule has 0 atom stereocenters. The average Bonchev–Trinajstić information content (AvgIpc) is 1.89. The van der Waals surface area contributed by atoms with Crippen molar-refractivity contribution < 1.29 is 13.6 Å². The summed E-state index contributed by atoms with van der Waals surface area (Å²) < 4.78 is 10.1. The molecule has 0 saturated heterocycles. The maximum absolute atomic E-state index is 9.58. The first kappa shape index (κ1) is 9.52. The van der Waals surface area contributed by atoms with Crippen LogP contribution in [0.3, 0.4) is 0 Å². The highest BCUT2D eigenvalue weighted by molar-refractivity contribution is 6.64. The van der Waals surface area contributed by atoms with E-state index in [0.717, 1.165) is 0 Å². The third kappa shape index (κ3) is 4.40. The molecular formula is C5H11NO3Si. The fraction of sp³-hybridized carbons (Fsp3) is 0.800. The quantitative estimate of drug-likeness (QED) is 0.345. The van der Waals surface area contributed by atoms with Crippen molar-refractivity contribution in [2.24, 2.45) is 4.99 Å². The topological polar surface area (TPSA) is 47.9 Å². The Morgan fingerprint density at radius 2 is 2.20 bits per heavy atom. The molecule has 0 unspecified atom stereocenters. The monoisotopic (exact) mass is 161 g/mol. The van der Waals surface area contributed by atoms with E-state index in [4.69, 9.17) is 8.85 Å². The number of hydrogen-bond acceptors (Lipinski definition) is 4. The van der Waals surface area contributed by atoms with Gasteiger partial charge in [-0.1, -0.05) is 0 Å². The van der Waals surface area contributed by atoms with Crippen LogP contribution >= 0.6 is 0 Å². The molecule has 0 aliphatic heterocycles. The Hall–Kier alpha value is -0.483. The van der Waals surface area contributed by atoms with Crippen LogP contribution < -0.4 is 0 Å². The number of isocyanates is 1. The van der Waals surface area contributed by atoms with Gasteiger partial charge in [-0.3, -0.25) is 0 Å². The molecule has 0 spiro atoms. The molecule has 58 valence electrons. The molecular weight excluding hydrogens is 150 g/mol. The molecule has 0 amide bonds. The minimum Gasteiger partial charge on any atom is -0.398 e. The fourth-order valence-corrected chi connectivity index (χ4v) is 0.766. The van der Waals surface area contributed by atoms with Crippen LogP contribution in [0.1, 0.15) is 0 Å². The predicted molar refractivity (Wildman–Crippen MR) is 38.6 cm³/mol. The summed E-state index contributed by atoms with van der Waals surface area (Å²) in [6.07, 6.45) is 1.38. The molecule has 0 aliphatic carbocycles. The second-order valence-corrected chi connectivity index (χ2v) is 5.62. The van der Waals surface area contributed by atoms with E-state index in [0.29, 0.717) is 0 Å². The van der Waals surface area contributed by atoms with E-state index in [1.165, 1.54) is 6.08 Å². The van der Waals surface area contributed by atoms with Gasteiger partial charge in [0.15, 0.2) is 0 Å². The molecule has 0 fully saturated rings. The largest absolute Gasteiger partial charge is 0.398 e. The number of rotatable bonds is 4. The van der Waals surface area contributed by atoms with Crippen molar-refractivity contribution >= 4 is 14.6 Å². The van der Waals surface area contributed by atoms with Gasteiger partial charge in [-0.2, -0.15) is 4.99 Å². The van der Waals surface area contributed by atoms with Gasteiger partial charge in [0.05, 0.1) is 0 Å². The molecule has 0 saturated carbocycles. The van der Waals surface area contributed by atoms with E-state index in [9.17, 15) is 4.79 Å². The first-order chi connectivity index (χ1) is 4.62. The summed E-state index contributed by atoms with van der Waals surface area (Å²) >= 11 is 0. The molecule has 0 aliphatic rings. The molecule has 0 aromatic heterocycles. The highest BCUT2D eigenvalue weighted by atomic mass is 28.4. The standard InChI is InChI=1S/C5H11NO3Si/c1-8-10(2,3)9-5-6-4-7/h5H2,1-3H3. The average molecular weight is 161 g/mol. The van der Waals surface area contributed by atoms with Crippen LogP contribution in [0.25, 0.3) is 0 Å². The summed E-state index contributed by atoms with van der Waals surface area (Å²) in [7, 11) is -0.407. The van der Waals surface area contributed by atoms with Crippen molar-refractivity contribution in [2.75, 3.05) is 13.8 Å². The van der Waals surface area contributed by atoms with Crippen molar-refractivity contribution in [1.82, 2.24) is 0 Å². The van der Waals surface area contributed by atoms with Gasteiger partial charge in [0.1, 0.15) is 6.73 Å². The lowest BCUT2D eigenvalue weighted by Crippen LogP contribution is -2.33. The summed E-state index contributed by atoms with van der Waals surface area (Å²) in [6.45, 7) is 3.79. The van der Waals surface area contributed by atoms with E-state index in [-0.39, 0.29) is 6.73 Å². The summed E-state index contributed by atoms with van der Waals surface area (Å²) in [4.78, 5) is 12.8. The summed E-state index contributed by atoms with van der Waals surface area (Å²) in [5.41, 5.74) is 0. The van der Waals surface area contributed by atoms with Gasteiger partial charge in [-0.15, -0.1) is 0 Å². The first-order valence-corrected chi connectivity index (χ1v) is 5.67. The van der Waals surface area contributed by atoms with Gasteiger partial charge in [-0.25, -0.2) is 4.79 Å². The van der Waals surface area contributed by atoms with E-state index < -0.39 is 8.56 Å². The van der Waals surface area contributed by atoms with Gasteiger partial charge >= 0.3 is 8.56 Å². The highest BCUT2D eigenvalue weighted by Gasteiger charge is 2.21. The molecule has 10 heavy (non-hydrogen) atoms. The van der Waals surface area contributed by atoms with E-state index in [1.807, 2.05) is 13.1 Å². The van der Waals surface area contributed by atoms with Crippen LogP contribution in [-0.4, -0.2) is 28.5 Å². The minimum absolute atomic E-state index is 0.0521. The van der Waals surface area contributed by atoms with Gasteiger partial charge in [0.25, 0.3) is 0 Å². The Morgan fingerprint density at radius 1 is 1.60 bits per heavy atom. The zero-order valence-electron chi connectivity index (χ0n) is 6.38. The molecule has 0 aromatic rings. The maximum Gasteiger partial charge on any atom is 0.332 e. The maximum atomic E-state index is 9.58. The second kappa shape index (κ2) is 4.35. The third-order valence-corrected chi connectivity index (χ3v) is 2.84. The zero-order chi connectivity index (χ0) is 8.04. The third-order valence-electron chi connectivity index (χ3n) is 1.03. The molecule has 4 nitrogen and oxygen atoms in total. The molecule has 0 aromatic carbocycles. The van der Waals surface area contributed by atoms with Gasteiger partial charge in [0.2, 0.25) is 6.08 Å². The van der Waals surface area contributed by atoms with Crippen LogP contribution in [-0.2, 0) is 13.6 Å². The Balaban J connectivity index is 3.56. The minimum atomic E-state index is -1.99. The molecule has 5 heteroatoms. The molecule has 0 heterocycles. The van der Waals surface area contributed by atoms with E-state index in [2.05, 4.69) is 4.99 Å². The number of aliphatic imine (C=N–C) groups is 1. The van der Waals surface area contributed by atoms with Gasteiger partial charge in [0, 0.05) is 7.11 Å². The van der Waals surface area contributed by atoms with Crippen LogP contribution in [0.15, 0.2) is 4.99 Å². The Morgan fingerprint density at radius 3 is 2.60 bits per heavy atom. The van der Waals surface area contributed by atoms with Crippen molar-refractivity contribution in [3.05, 3.63) is 0 Å². The van der Waals surface area contributed by atoms with Crippen molar-refractivity contribution in [1.29, 1.82) is 0 Å². The lowest BCUT2D eigenvalue weighted by atomic mass is 11.3. The van der Waals surface area contributed by atoms with Crippen molar-refractivity contribution in [2.45, 2.75) is 13.1 Å². The Kier molecular flexibility index (Phi) is 4.14. The van der Waals surface area contributed by atoms with Crippen LogP contribution in [0, 0.1) is 0 Å². The van der Waals surface area contributed by atoms with Crippen LogP contribution in [0.4, 0.5) is 0 Å². The first-order valence-electron chi connectivity index (χ1n) is 2.85. The summed E-state index contributed by atoms with van der Waals surface area (Å²) in [5, 5.41) is 0. The Bertz CT molecular complexity index is 142. The SMILES string of the molecule is CO[Si](C)(C)OCN=C=O. The molecule has 0 rings (SSSR count). The van der Waals surface area contributed by atoms with E-state index >= 15 is 0 Å². The molecule has 0 N–H and O–H groups in total. The predicted octanol–water partition coefficient (Wildman–Crippen LogP) is 0.644. The Labute approximate surface area is 61.1 Å². The normalized spacial score (nSPS) is 10.7. The van der Waals surface area contributed by atoms with Crippen LogP contribution in [0.2, 0.25) is 13.1 Å². The summed E-state index contributed by atoms with van der Waals surface area (Å²) in [6, 6.07) is 0. The highest BCUT2D eigenvalue weighted by Crippen LogP contribution is 2.02. The number of nitrogens with zero attached hydrogens (tertiary/aromatic N) is 1. The second-order valence-electron chi connectivity index (χ2n) is 2.13. The van der Waals surface area contributed by atoms with Crippen molar-refractivity contribution in [3.63, 3.8) is 0 Å². The van der Waals surface area contributed by atoms with Crippen molar-refractivity contribution in [3.8, 4) is 0 Å². The smallest absolute Gasteiger partial charge is 0.332 e. The molecule has 0 bridgehead atoms. The fourth-order valence-electron chi connectivity index (χ4n) is 0.273. The lowest BCUT2D eigenvalue weighted by molar-refractivity contribution is 0.218. The number of carbonyl (C=O) groups excluding carboxylic acids is 1. The van der Waals surface area contributed by atoms with Gasteiger partial charge in [-0.05, 0) is 13.1 Å². The van der Waals surface area contributed by atoms with E-state index in [1.54, 1.807) is 7.11 Å². The lowest BCUT2D eigenvalue weighted by Gasteiger charge is -2.17. The number of hydrogen-bond donors (Lipinski definition) is 0. The zero-order valence-corrected chi connectivity index (χ0v) is 7.38. The molecule has 0 radical (unpaired) electrons. The summed E-state index contributed by atoms with van der Waals surface area (Å²) in [5.74, 6) is 0. The van der Waals surface area contributed by atoms with Crippen LogP contribution in [0.5, 0.6) is 0 Å².